The van der Waals surface area contributed by atoms with E-state index in [9.17, 15) is 4.79 Å². The second kappa shape index (κ2) is 4.80. The third kappa shape index (κ3) is 1.96. The number of benzene rings is 1. The van der Waals surface area contributed by atoms with Gasteiger partial charge < -0.3 is 10.0 Å². The van der Waals surface area contributed by atoms with Crippen LogP contribution in [0.2, 0.25) is 0 Å². The maximum absolute atomic E-state index is 11.1. The number of aromatic nitrogens is 2. The highest BCUT2D eigenvalue weighted by atomic mass is 16.4. The molecule has 5 nitrogen and oxygen atoms in total. The molecule has 2 aromatic rings. The van der Waals surface area contributed by atoms with Gasteiger partial charge in [0.05, 0.1) is 11.3 Å². The van der Waals surface area contributed by atoms with Gasteiger partial charge in [-0.25, -0.2) is 14.8 Å². The van der Waals surface area contributed by atoms with Gasteiger partial charge in [-0.2, -0.15) is 0 Å². The lowest BCUT2D eigenvalue weighted by molar-refractivity contribution is 0.0695. The summed E-state index contributed by atoms with van der Waals surface area (Å²) in [5.41, 5.74) is 3.47. The number of nitrogens with zero attached hydrogens (tertiary/aromatic N) is 3. The SMILES string of the molecule is Cc1nc(N2Cc3ccccc3C3CC2C3)ncc1C(=O)O. The van der Waals surface area contributed by atoms with E-state index in [4.69, 9.17) is 5.11 Å². The first kappa shape index (κ1) is 13.2. The molecule has 0 atom stereocenters. The number of carboxylic acid groups (broad SMARTS) is 1. The zero-order valence-electron chi connectivity index (χ0n) is 12.4. The van der Waals surface area contributed by atoms with Crippen molar-refractivity contribution in [3.63, 3.8) is 0 Å². The van der Waals surface area contributed by atoms with Gasteiger partial charge in [-0.3, -0.25) is 0 Å². The lowest BCUT2D eigenvalue weighted by atomic mass is 9.76. The van der Waals surface area contributed by atoms with E-state index < -0.39 is 5.97 Å². The van der Waals surface area contributed by atoms with Gasteiger partial charge in [-0.05, 0) is 36.8 Å². The molecule has 1 aromatic heterocycles. The molecule has 1 aliphatic carbocycles. The lowest BCUT2D eigenvalue weighted by Crippen LogP contribution is -2.41. The molecule has 5 heteroatoms. The van der Waals surface area contributed by atoms with Crippen molar-refractivity contribution in [3.8, 4) is 0 Å². The molecule has 1 saturated carbocycles. The van der Waals surface area contributed by atoms with Crippen molar-refractivity contribution in [2.24, 2.45) is 0 Å². The summed E-state index contributed by atoms with van der Waals surface area (Å²) in [7, 11) is 0. The Bertz CT molecular complexity index is 753. The van der Waals surface area contributed by atoms with E-state index in [1.165, 1.54) is 17.3 Å². The van der Waals surface area contributed by atoms with Gasteiger partial charge in [0.25, 0.3) is 0 Å². The number of rotatable bonds is 2. The molecule has 0 radical (unpaired) electrons. The molecule has 3 heterocycles. The van der Waals surface area contributed by atoms with Gasteiger partial charge in [0.1, 0.15) is 0 Å². The Hall–Kier alpha value is -2.43. The molecule has 1 aromatic carbocycles. The van der Waals surface area contributed by atoms with E-state index in [0.717, 1.165) is 19.4 Å². The fourth-order valence-electron chi connectivity index (χ4n) is 3.52. The van der Waals surface area contributed by atoms with Crippen LogP contribution < -0.4 is 4.90 Å². The van der Waals surface area contributed by atoms with Crippen LogP contribution in [-0.2, 0) is 6.54 Å². The van der Waals surface area contributed by atoms with Crippen molar-refractivity contribution in [1.82, 2.24) is 9.97 Å². The number of hydrogen-bond donors (Lipinski definition) is 1. The molecule has 2 aliphatic heterocycles. The normalized spacial score (nSPS) is 22.5. The predicted molar refractivity (Wildman–Crippen MR) is 82.1 cm³/mol. The Morgan fingerprint density at radius 1 is 1.32 bits per heavy atom. The minimum absolute atomic E-state index is 0.172. The van der Waals surface area contributed by atoms with Gasteiger partial charge in [0.2, 0.25) is 5.95 Å². The Kier molecular flexibility index (Phi) is 2.89. The summed E-state index contributed by atoms with van der Waals surface area (Å²) in [6.45, 7) is 2.52. The second-order valence-electron chi connectivity index (χ2n) is 6.12. The molecule has 0 amide bonds. The Morgan fingerprint density at radius 2 is 2.09 bits per heavy atom. The van der Waals surface area contributed by atoms with Gasteiger partial charge in [0, 0.05) is 18.8 Å². The van der Waals surface area contributed by atoms with Crippen LogP contribution in [0.5, 0.6) is 0 Å². The highest BCUT2D eigenvalue weighted by Gasteiger charge is 2.40. The van der Waals surface area contributed by atoms with Crippen LogP contribution in [0.15, 0.2) is 30.5 Å². The van der Waals surface area contributed by atoms with Gasteiger partial charge in [-0.15, -0.1) is 0 Å². The van der Waals surface area contributed by atoms with Gasteiger partial charge in [0.15, 0.2) is 0 Å². The van der Waals surface area contributed by atoms with Crippen LogP contribution >= 0.6 is 0 Å². The molecular weight excluding hydrogens is 278 g/mol. The van der Waals surface area contributed by atoms with Crippen LogP contribution in [0.25, 0.3) is 0 Å². The van der Waals surface area contributed by atoms with Gasteiger partial charge >= 0.3 is 5.97 Å². The summed E-state index contributed by atoms with van der Waals surface area (Å²) in [4.78, 5) is 22.1. The summed E-state index contributed by atoms with van der Waals surface area (Å²) in [6.07, 6.45) is 3.67. The summed E-state index contributed by atoms with van der Waals surface area (Å²) in [5.74, 6) is 0.308. The van der Waals surface area contributed by atoms with E-state index in [2.05, 4.69) is 39.1 Å². The number of aromatic carboxylic acids is 1. The minimum atomic E-state index is -0.978. The molecule has 0 spiro atoms. The molecule has 0 unspecified atom stereocenters. The van der Waals surface area contributed by atoms with Crippen molar-refractivity contribution >= 4 is 11.9 Å². The number of carboxylic acids is 1. The zero-order valence-corrected chi connectivity index (χ0v) is 12.4. The number of carbonyl (C=O) groups is 1. The first-order valence-electron chi connectivity index (χ1n) is 7.55. The molecule has 1 fully saturated rings. The van der Waals surface area contributed by atoms with E-state index >= 15 is 0 Å². The average molecular weight is 295 g/mol. The monoisotopic (exact) mass is 295 g/mol. The maximum atomic E-state index is 11.1. The second-order valence-corrected chi connectivity index (χ2v) is 6.12. The van der Waals surface area contributed by atoms with Crippen molar-refractivity contribution < 1.29 is 9.90 Å². The van der Waals surface area contributed by atoms with Crippen LogP contribution in [0, 0.1) is 6.92 Å². The summed E-state index contributed by atoms with van der Waals surface area (Å²) < 4.78 is 0. The van der Waals surface area contributed by atoms with Gasteiger partial charge in [-0.1, -0.05) is 24.3 Å². The molecule has 3 aliphatic rings. The zero-order chi connectivity index (χ0) is 15.3. The Labute approximate surface area is 128 Å². The minimum Gasteiger partial charge on any atom is -0.478 e. The fraction of sp³-hybridized carbons (Fsp3) is 0.353. The third-order valence-electron chi connectivity index (χ3n) is 4.84. The van der Waals surface area contributed by atoms with Crippen LogP contribution in [0.1, 0.15) is 45.9 Å². The summed E-state index contributed by atoms with van der Waals surface area (Å²) >= 11 is 0. The first-order chi connectivity index (χ1) is 10.6. The summed E-state index contributed by atoms with van der Waals surface area (Å²) in [5, 5.41) is 9.11. The van der Waals surface area contributed by atoms with Crippen LogP contribution in [-0.4, -0.2) is 27.1 Å². The number of aryl methyl sites for hydroxylation is 1. The number of hydrogen-bond acceptors (Lipinski definition) is 4. The number of anilines is 1. The van der Waals surface area contributed by atoms with E-state index in [-0.39, 0.29) is 5.56 Å². The highest BCUT2D eigenvalue weighted by molar-refractivity contribution is 5.88. The highest BCUT2D eigenvalue weighted by Crippen LogP contribution is 2.45. The fourth-order valence-corrected chi connectivity index (χ4v) is 3.52. The van der Waals surface area contributed by atoms with E-state index in [1.807, 2.05) is 0 Å². The molecule has 2 bridgehead atoms. The standard InChI is InChI=1S/C17H17N3O2/c1-10-15(16(21)22)8-18-17(19-10)20-9-11-4-2-3-5-14(11)12-6-13(20)7-12/h2-5,8,12-13H,6-7,9H2,1H3,(H,21,22). The smallest absolute Gasteiger partial charge is 0.339 e. The van der Waals surface area contributed by atoms with Crippen LogP contribution in [0.4, 0.5) is 5.95 Å². The predicted octanol–water partition coefficient (Wildman–Crippen LogP) is 2.75. The quantitative estimate of drug-likeness (QED) is 0.922. The average Bonchev–Trinajstić information content (AvgIpc) is 2.71. The lowest BCUT2D eigenvalue weighted by Gasteiger charge is -2.39. The molecule has 0 saturated heterocycles. The Balaban J connectivity index is 1.72. The molecular formula is C17H17N3O2. The Morgan fingerprint density at radius 3 is 2.82 bits per heavy atom. The van der Waals surface area contributed by atoms with Crippen LogP contribution in [0.3, 0.4) is 0 Å². The van der Waals surface area contributed by atoms with E-state index in [1.54, 1.807) is 6.92 Å². The first-order valence-corrected chi connectivity index (χ1v) is 7.55. The molecule has 112 valence electrons. The number of fused-ring (bicyclic) bond motifs is 1. The molecule has 1 N–H and O–H groups in total. The van der Waals surface area contributed by atoms with Crippen molar-refractivity contribution in [3.05, 3.63) is 52.8 Å². The van der Waals surface area contributed by atoms with Crippen molar-refractivity contribution in [1.29, 1.82) is 0 Å². The van der Waals surface area contributed by atoms with Crippen molar-refractivity contribution in [2.75, 3.05) is 4.90 Å². The largest absolute Gasteiger partial charge is 0.478 e. The third-order valence-corrected chi connectivity index (χ3v) is 4.84. The van der Waals surface area contributed by atoms with Crippen molar-refractivity contribution in [2.45, 2.75) is 38.3 Å². The summed E-state index contributed by atoms with van der Waals surface area (Å²) in [6, 6.07) is 9.01. The molecule has 5 rings (SSSR count). The maximum Gasteiger partial charge on any atom is 0.339 e. The van der Waals surface area contributed by atoms with E-state index in [0.29, 0.717) is 23.6 Å². The topological polar surface area (TPSA) is 66.3 Å². The molecule has 22 heavy (non-hydrogen) atoms.